The Balaban J connectivity index is 2.03. The minimum absolute atomic E-state index is 0.0257. The van der Waals surface area contributed by atoms with Gasteiger partial charge in [0, 0.05) is 37.2 Å². The van der Waals surface area contributed by atoms with E-state index in [4.69, 9.17) is 0 Å². The van der Waals surface area contributed by atoms with Crippen LogP contribution in [0, 0.1) is 10.1 Å². The van der Waals surface area contributed by atoms with Crippen LogP contribution in [-0.4, -0.2) is 51.1 Å². The Labute approximate surface area is 151 Å². The minimum atomic E-state index is -0.605. The maximum Gasteiger partial charge on any atom is 0.270 e. The second-order valence-electron chi connectivity index (χ2n) is 6.84. The summed E-state index contributed by atoms with van der Waals surface area (Å²) in [4.78, 5) is 50.2. The summed E-state index contributed by atoms with van der Waals surface area (Å²) in [5.41, 5.74) is -0.0223. The Morgan fingerprint density at radius 3 is 2.23 bits per heavy atom. The number of imide groups is 1. The van der Waals surface area contributed by atoms with E-state index >= 15 is 0 Å². The zero-order valence-corrected chi connectivity index (χ0v) is 15.4. The SMILES string of the molecule is CC(C)N(C(=O)CCCN1C(=O)c2ccc([N+](=O)[O-])cc2C1=O)C(C)C. The fourth-order valence-electron chi connectivity index (χ4n) is 3.29. The molecule has 8 nitrogen and oxygen atoms in total. The van der Waals surface area contributed by atoms with Crippen LogP contribution >= 0.6 is 0 Å². The summed E-state index contributed by atoms with van der Waals surface area (Å²) in [6, 6.07) is 3.78. The fourth-order valence-corrected chi connectivity index (χ4v) is 3.29. The molecule has 140 valence electrons. The van der Waals surface area contributed by atoms with Crippen molar-refractivity contribution in [3.05, 3.63) is 39.4 Å². The van der Waals surface area contributed by atoms with E-state index in [1.165, 1.54) is 12.1 Å². The molecule has 0 radical (unpaired) electrons. The first-order chi connectivity index (χ1) is 12.1. The number of hydrogen-bond acceptors (Lipinski definition) is 5. The quantitative estimate of drug-likeness (QED) is 0.422. The number of carbonyl (C=O) groups is 3. The number of nitro benzene ring substituents is 1. The molecular weight excluding hydrogens is 338 g/mol. The van der Waals surface area contributed by atoms with Gasteiger partial charge in [-0.1, -0.05) is 0 Å². The van der Waals surface area contributed by atoms with Gasteiger partial charge in [0.15, 0.2) is 0 Å². The van der Waals surface area contributed by atoms with Crippen molar-refractivity contribution in [1.82, 2.24) is 9.80 Å². The van der Waals surface area contributed by atoms with Gasteiger partial charge >= 0.3 is 0 Å². The van der Waals surface area contributed by atoms with Gasteiger partial charge in [0.1, 0.15) is 0 Å². The van der Waals surface area contributed by atoms with Gasteiger partial charge in [-0.15, -0.1) is 0 Å². The molecule has 1 aromatic carbocycles. The highest BCUT2D eigenvalue weighted by Crippen LogP contribution is 2.27. The molecule has 0 fully saturated rings. The van der Waals surface area contributed by atoms with Gasteiger partial charge in [-0.2, -0.15) is 0 Å². The van der Waals surface area contributed by atoms with Crippen LogP contribution in [0.2, 0.25) is 0 Å². The Kier molecular flexibility index (Phi) is 5.74. The molecule has 8 heteroatoms. The van der Waals surface area contributed by atoms with Crippen LogP contribution in [0.1, 0.15) is 61.3 Å². The lowest BCUT2D eigenvalue weighted by Crippen LogP contribution is -2.42. The summed E-state index contributed by atoms with van der Waals surface area (Å²) in [6.45, 7) is 7.86. The smallest absolute Gasteiger partial charge is 0.270 e. The van der Waals surface area contributed by atoms with E-state index in [1.807, 2.05) is 27.7 Å². The van der Waals surface area contributed by atoms with Gasteiger partial charge in [-0.05, 0) is 40.2 Å². The van der Waals surface area contributed by atoms with Gasteiger partial charge in [0.25, 0.3) is 17.5 Å². The highest BCUT2D eigenvalue weighted by atomic mass is 16.6. The maximum absolute atomic E-state index is 12.4. The predicted molar refractivity (Wildman–Crippen MR) is 94.8 cm³/mol. The molecule has 0 saturated carbocycles. The van der Waals surface area contributed by atoms with Crippen LogP contribution in [0.3, 0.4) is 0 Å². The number of non-ortho nitro benzene ring substituents is 1. The van der Waals surface area contributed by atoms with Crippen LogP contribution in [0.25, 0.3) is 0 Å². The molecule has 1 aromatic rings. The average molecular weight is 361 g/mol. The van der Waals surface area contributed by atoms with Crippen molar-refractivity contribution in [2.24, 2.45) is 0 Å². The molecule has 2 rings (SSSR count). The van der Waals surface area contributed by atoms with Crippen LogP contribution in [-0.2, 0) is 4.79 Å². The third kappa shape index (κ3) is 3.74. The van der Waals surface area contributed by atoms with Gasteiger partial charge in [-0.3, -0.25) is 29.4 Å². The molecule has 3 amide bonds. The van der Waals surface area contributed by atoms with Gasteiger partial charge in [0.05, 0.1) is 16.1 Å². The maximum atomic E-state index is 12.4. The number of nitro groups is 1. The number of hydrogen-bond donors (Lipinski definition) is 0. The molecular formula is C18H23N3O5. The van der Waals surface area contributed by atoms with Crippen molar-refractivity contribution < 1.29 is 19.3 Å². The van der Waals surface area contributed by atoms with Crippen molar-refractivity contribution in [1.29, 1.82) is 0 Å². The second-order valence-corrected chi connectivity index (χ2v) is 6.84. The van der Waals surface area contributed by atoms with Crippen molar-refractivity contribution in [2.75, 3.05) is 6.54 Å². The van der Waals surface area contributed by atoms with Crippen molar-refractivity contribution in [3.63, 3.8) is 0 Å². The van der Waals surface area contributed by atoms with E-state index in [0.717, 1.165) is 11.0 Å². The minimum Gasteiger partial charge on any atom is -0.338 e. The third-order valence-corrected chi connectivity index (χ3v) is 4.34. The van der Waals surface area contributed by atoms with Crippen LogP contribution < -0.4 is 0 Å². The molecule has 26 heavy (non-hydrogen) atoms. The van der Waals surface area contributed by atoms with Gasteiger partial charge < -0.3 is 4.90 Å². The molecule has 0 aromatic heterocycles. The van der Waals surface area contributed by atoms with Crippen LogP contribution in [0.4, 0.5) is 5.69 Å². The Morgan fingerprint density at radius 1 is 1.12 bits per heavy atom. The van der Waals surface area contributed by atoms with E-state index in [9.17, 15) is 24.5 Å². The van der Waals surface area contributed by atoms with E-state index in [0.29, 0.717) is 6.42 Å². The van der Waals surface area contributed by atoms with E-state index in [-0.39, 0.29) is 47.8 Å². The van der Waals surface area contributed by atoms with Crippen LogP contribution in [0.5, 0.6) is 0 Å². The zero-order chi connectivity index (χ0) is 19.6. The summed E-state index contributed by atoms with van der Waals surface area (Å²) in [7, 11) is 0. The molecule has 0 N–H and O–H groups in total. The summed E-state index contributed by atoms with van der Waals surface area (Å²) in [5, 5.41) is 10.8. The molecule has 0 bridgehead atoms. The van der Waals surface area contributed by atoms with Crippen LogP contribution in [0.15, 0.2) is 18.2 Å². The monoisotopic (exact) mass is 361 g/mol. The number of rotatable bonds is 7. The second kappa shape index (κ2) is 7.63. The largest absolute Gasteiger partial charge is 0.338 e. The van der Waals surface area contributed by atoms with Gasteiger partial charge in [-0.25, -0.2) is 0 Å². The summed E-state index contributed by atoms with van der Waals surface area (Å²) < 4.78 is 0. The standard InChI is InChI=1S/C18H23N3O5/c1-11(2)20(12(3)4)16(22)6-5-9-19-17(23)14-8-7-13(21(25)26)10-15(14)18(19)24/h7-8,10-12H,5-6,9H2,1-4H3. The average Bonchev–Trinajstić information content (AvgIpc) is 2.78. The highest BCUT2D eigenvalue weighted by molar-refractivity contribution is 6.21. The Morgan fingerprint density at radius 2 is 1.69 bits per heavy atom. The lowest BCUT2D eigenvalue weighted by atomic mass is 10.1. The number of carbonyl (C=O) groups excluding carboxylic acids is 3. The molecule has 0 aliphatic carbocycles. The van der Waals surface area contributed by atoms with Gasteiger partial charge in [0.2, 0.25) is 5.91 Å². The number of fused-ring (bicyclic) bond motifs is 1. The summed E-state index contributed by atoms with van der Waals surface area (Å²) in [6.07, 6.45) is 0.576. The molecule has 0 atom stereocenters. The lowest BCUT2D eigenvalue weighted by molar-refractivity contribution is -0.384. The fraction of sp³-hybridized carbons (Fsp3) is 0.500. The topological polar surface area (TPSA) is 101 Å². The molecule has 1 heterocycles. The highest BCUT2D eigenvalue weighted by Gasteiger charge is 2.36. The first-order valence-corrected chi connectivity index (χ1v) is 8.61. The normalized spacial score (nSPS) is 13.5. The molecule has 1 aliphatic heterocycles. The molecule has 1 aliphatic rings. The van der Waals surface area contributed by atoms with E-state index < -0.39 is 16.7 Å². The number of amides is 3. The van der Waals surface area contributed by atoms with E-state index in [1.54, 1.807) is 4.90 Å². The number of benzene rings is 1. The first-order valence-electron chi connectivity index (χ1n) is 8.61. The Hall–Kier alpha value is -2.77. The lowest BCUT2D eigenvalue weighted by Gasteiger charge is -2.31. The van der Waals surface area contributed by atoms with Crippen molar-refractivity contribution in [3.8, 4) is 0 Å². The molecule has 0 spiro atoms. The predicted octanol–water partition coefficient (Wildman–Crippen LogP) is 2.62. The first kappa shape index (κ1) is 19.6. The van der Waals surface area contributed by atoms with Crippen molar-refractivity contribution >= 4 is 23.4 Å². The van der Waals surface area contributed by atoms with E-state index in [2.05, 4.69) is 0 Å². The van der Waals surface area contributed by atoms with Crippen molar-refractivity contribution in [2.45, 2.75) is 52.6 Å². The number of nitrogens with zero attached hydrogens (tertiary/aromatic N) is 3. The third-order valence-electron chi connectivity index (χ3n) is 4.34. The zero-order valence-electron chi connectivity index (χ0n) is 15.4. The molecule has 0 unspecified atom stereocenters. The molecule has 0 saturated heterocycles. The Bertz CT molecular complexity index is 749. The summed E-state index contributed by atoms with van der Waals surface area (Å²) in [5.74, 6) is -1.05. The summed E-state index contributed by atoms with van der Waals surface area (Å²) >= 11 is 0.